The minimum atomic E-state index is 0.585. The molecule has 0 unspecified atom stereocenters. The van der Waals surface area contributed by atoms with Crippen molar-refractivity contribution < 1.29 is 9.26 Å². The number of hydrogen-bond acceptors (Lipinski definition) is 4. The molecule has 1 heterocycles. The van der Waals surface area contributed by atoms with Crippen molar-refractivity contribution in [1.29, 1.82) is 0 Å². The van der Waals surface area contributed by atoms with Crippen LogP contribution in [0, 0.1) is 5.92 Å². The number of nitrogens with zero attached hydrogens (tertiary/aromatic N) is 2. The number of nitrogens with one attached hydrogen (secondary N) is 2. The first-order valence-corrected chi connectivity index (χ1v) is 8.60. The predicted octanol–water partition coefficient (Wildman–Crippen LogP) is 2.53. The molecule has 0 fully saturated rings. The van der Waals surface area contributed by atoms with E-state index >= 15 is 0 Å². The van der Waals surface area contributed by atoms with Gasteiger partial charge in [-0.05, 0) is 18.8 Å². The summed E-state index contributed by atoms with van der Waals surface area (Å²) < 4.78 is 10.9. The molecule has 0 atom stereocenters. The first-order chi connectivity index (χ1) is 11.1. The van der Waals surface area contributed by atoms with Crippen molar-refractivity contribution in [2.24, 2.45) is 10.9 Å². The summed E-state index contributed by atoms with van der Waals surface area (Å²) in [6.07, 6.45) is 2.68. The molecule has 132 valence electrons. The van der Waals surface area contributed by atoms with Crippen molar-refractivity contribution >= 4 is 5.96 Å². The lowest BCUT2D eigenvalue weighted by Crippen LogP contribution is -2.37. The second-order valence-electron chi connectivity index (χ2n) is 5.91. The third-order valence-corrected chi connectivity index (χ3v) is 3.47. The number of aliphatic imine (C=N–C) groups is 1. The largest absolute Gasteiger partial charge is 0.381 e. The number of hydrogen-bond donors (Lipinski definition) is 2. The van der Waals surface area contributed by atoms with Crippen LogP contribution in [0.25, 0.3) is 0 Å². The molecule has 0 radical (unpaired) electrons. The summed E-state index contributed by atoms with van der Waals surface area (Å²) in [6.45, 7) is 11.6. The average molecular weight is 324 g/mol. The van der Waals surface area contributed by atoms with Crippen LogP contribution >= 0.6 is 0 Å². The fourth-order valence-electron chi connectivity index (χ4n) is 2.23. The molecule has 0 saturated carbocycles. The zero-order valence-electron chi connectivity index (χ0n) is 15.2. The number of ether oxygens (including phenoxy) is 1. The van der Waals surface area contributed by atoms with Gasteiger partial charge in [0.25, 0.3) is 0 Å². The molecule has 0 aliphatic rings. The van der Waals surface area contributed by atoms with Crippen molar-refractivity contribution in [2.75, 3.05) is 26.8 Å². The van der Waals surface area contributed by atoms with E-state index in [1.54, 1.807) is 7.05 Å². The summed E-state index contributed by atoms with van der Waals surface area (Å²) in [4.78, 5) is 4.25. The highest BCUT2D eigenvalue weighted by Gasteiger charge is 2.13. The van der Waals surface area contributed by atoms with Crippen molar-refractivity contribution in [3.63, 3.8) is 0 Å². The van der Waals surface area contributed by atoms with Crippen LogP contribution < -0.4 is 10.6 Å². The van der Waals surface area contributed by atoms with E-state index in [0.717, 1.165) is 62.0 Å². The van der Waals surface area contributed by atoms with Gasteiger partial charge in [0.15, 0.2) is 5.96 Å². The Morgan fingerprint density at radius 3 is 2.65 bits per heavy atom. The number of aryl methyl sites for hydroxylation is 2. The SMILES string of the molecule is CCc1noc(CC)c1CNC(=NC)NCCCOCC(C)C. The number of aromatic nitrogens is 1. The normalized spacial score (nSPS) is 12.0. The minimum Gasteiger partial charge on any atom is -0.381 e. The van der Waals surface area contributed by atoms with Crippen LogP contribution in [0.5, 0.6) is 0 Å². The molecule has 1 rings (SSSR count). The van der Waals surface area contributed by atoms with Crippen molar-refractivity contribution in [1.82, 2.24) is 15.8 Å². The predicted molar refractivity (Wildman–Crippen MR) is 93.7 cm³/mol. The Morgan fingerprint density at radius 1 is 1.26 bits per heavy atom. The average Bonchev–Trinajstić information content (AvgIpc) is 2.95. The fourth-order valence-corrected chi connectivity index (χ4v) is 2.23. The van der Waals surface area contributed by atoms with E-state index in [2.05, 4.69) is 48.5 Å². The van der Waals surface area contributed by atoms with Crippen LogP contribution in [0.3, 0.4) is 0 Å². The van der Waals surface area contributed by atoms with Crippen molar-refractivity contribution in [3.8, 4) is 0 Å². The zero-order chi connectivity index (χ0) is 17.1. The quantitative estimate of drug-likeness (QED) is 0.393. The summed E-state index contributed by atoms with van der Waals surface area (Å²) in [5.74, 6) is 2.33. The molecule has 0 aliphatic carbocycles. The Labute approximate surface area is 140 Å². The maximum Gasteiger partial charge on any atom is 0.191 e. The van der Waals surface area contributed by atoms with Gasteiger partial charge in [0.1, 0.15) is 5.76 Å². The Bertz CT molecular complexity index is 448. The molecule has 1 aromatic heterocycles. The van der Waals surface area contributed by atoms with Crippen LogP contribution in [0.15, 0.2) is 9.52 Å². The lowest BCUT2D eigenvalue weighted by Gasteiger charge is -2.12. The molecule has 1 aromatic rings. The monoisotopic (exact) mass is 324 g/mol. The third kappa shape index (κ3) is 7.03. The van der Waals surface area contributed by atoms with Crippen molar-refractivity contribution in [3.05, 3.63) is 17.0 Å². The first kappa shape index (κ1) is 19.5. The lowest BCUT2D eigenvalue weighted by molar-refractivity contribution is 0.108. The smallest absolute Gasteiger partial charge is 0.191 e. The Balaban J connectivity index is 2.33. The van der Waals surface area contributed by atoms with Crippen LogP contribution in [0.4, 0.5) is 0 Å². The van der Waals surface area contributed by atoms with Gasteiger partial charge in [-0.25, -0.2) is 0 Å². The Morgan fingerprint density at radius 2 is 2.04 bits per heavy atom. The second-order valence-corrected chi connectivity index (χ2v) is 5.91. The Kier molecular flexibility index (Phi) is 9.36. The summed E-state index contributed by atoms with van der Waals surface area (Å²) in [5.41, 5.74) is 2.17. The summed E-state index contributed by atoms with van der Waals surface area (Å²) >= 11 is 0. The standard InChI is InChI=1S/C17H32N4O2/c1-6-15-14(16(7-2)23-21-15)11-20-17(18-5)19-9-8-10-22-12-13(3)4/h13H,6-12H2,1-5H3,(H2,18,19,20). The van der Waals surface area contributed by atoms with E-state index in [4.69, 9.17) is 9.26 Å². The molecule has 0 bridgehead atoms. The van der Waals surface area contributed by atoms with Crippen LogP contribution in [-0.4, -0.2) is 37.9 Å². The van der Waals surface area contributed by atoms with Crippen molar-refractivity contribution in [2.45, 2.75) is 53.5 Å². The molecular weight excluding hydrogens is 292 g/mol. The van der Waals surface area contributed by atoms with E-state index in [1.807, 2.05) is 0 Å². The first-order valence-electron chi connectivity index (χ1n) is 8.60. The van der Waals surface area contributed by atoms with Gasteiger partial charge in [-0.2, -0.15) is 0 Å². The van der Waals surface area contributed by atoms with E-state index in [1.165, 1.54) is 0 Å². The molecule has 0 amide bonds. The maximum atomic E-state index is 5.57. The summed E-state index contributed by atoms with van der Waals surface area (Å²) in [7, 11) is 1.78. The van der Waals surface area contributed by atoms with E-state index in [0.29, 0.717) is 12.5 Å². The summed E-state index contributed by atoms with van der Waals surface area (Å²) in [6, 6.07) is 0. The van der Waals surface area contributed by atoms with Crippen LogP contribution in [0.2, 0.25) is 0 Å². The van der Waals surface area contributed by atoms with Gasteiger partial charge in [-0.15, -0.1) is 0 Å². The van der Waals surface area contributed by atoms with E-state index in [9.17, 15) is 0 Å². The molecule has 0 aliphatic heterocycles. The van der Waals surface area contributed by atoms with E-state index < -0.39 is 0 Å². The molecule has 0 aromatic carbocycles. The van der Waals surface area contributed by atoms with Gasteiger partial charge in [-0.3, -0.25) is 4.99 Å². The fraction of sp³-hybridized carbons (Fsp3) is 0.765. The van der Waals surface area contributed by atoms with E-state index in [-0.39, 0.29) is 0 Å². The molecule has 0 saturated heterocycles. The Hall–Kier alpha value is -1.56. The highest BCUT2D eigenvalue weighted by Crippen LogP contribution is 2.15. The van der Waals surface area contributed by atoms with Crippen LogP contribution in [0.1, 0.15) is 51.1 Å². The van der Waals surface area contributed by atoms with Gasteiger partial charge in [0.2, 0.25) is 0 Å². The van der Waals surface area contributed by atoms with Gasteiger partial charge >= 0.3 is 0 Å². The van der Waals surface area contributed by atoms with Gasteiger partial charge in [-0.1, -0.05) is 32.9 Å². The minimum absolute atomic E-state index is 0.585. The van der Waals surface area contributed by atoms with Crippen LogP contribution in [-0.2, 0) is 24.1 Å². The number of guanidine groups is 1. The highest BCUT2D eigenvalue weighted by atomic mass is 16.5. The molecule has 2 N–H and O–H groups in total. The zero-order valence-corrected chi connectivity index (χ0v) is 15.2. The lowest BCUT2D eigenvalue weighted by atomic mass is 10.1. The summed E-state index contributed by atoms with van der Waals surface area (Å²) in [5, 5.41) is 10.8. The number of rotatable bonds is 10. The van der Waals surface area contributed by atoms with Gasteiger partial charge in [0, 0.05) is 45.3 Å². The molecular formula is C17H32N4O2. The second kappa shape index (κ2) is 11.0. The maximum absolute atomic E-state index is 5.57. The molecule has 6 nitrogen and oxygen atoms in total. The molecule has 0 spiro atoms. The molecule has 23 heavy (non-hydrogen) atoms. The third-order valence-electron chi connectivity index (χ3n) is 3.47. The van der Waals surface area contributed by atoms with Gasteiger partial charge in [0.05, 0.1) is 5.69 Å². The van der Waals surface area contributed by atoms with Gasteiger partial charge < -0.3 is 19.9 Å². The highest BCUT2D eigenvalue weighted by molar-refractivity contribution is 5.79. The topological polar surface area (TPSA) is 71.7 Å². The molecule has 6 heteroatoms.